The third kappa shape index (κ3) is 6.90. The van der Waals surface area contributed by atoms with E-state index in [0.717, 1.165) is 11.8 Å². The van der Waals surface area contributed by atoms with Crippen LogP contribution in [0.15, 0.2) is 25.3 Å². The van der Waals surface area contributed by atoms with Gasteiger partial charge in [-0.2, -0.15) is 0 Å². The molecule has 2 aliphatic heterocycles. The molecular formula is C23H44N2+2. The van der Waals surface area contributed by atoms with Gasteiger partial charge in [-0.25, -0.2) is 0 Å². The average Bonchev–Trinajstić information content (AvgIpc) is 2.55. The lowest BCUT2D eigenvalue weighted by atomic mass is 9.92. The first-order chi connectivity index (χ1) is 12.0. The second kappa shape index (κ2) is 9.92. The Morgan fingerprint density at radius 3 is 1.60 bits per heavy atom. The van der Waals surface area contributed by atoms with Crippen LogP contribution >= 0.6 is 0 Å². The van der Waals surface area contributed by atoms with Crippen molar-refractivity contribution in [3.8, 4) is 0 Å². The topological polar surface area (TPSA) is 0 Å². The number of allylic oxidation sites excluding steroid dienone is 2. The minimum absolute atomic E-state index is 0.885. The van der Waals surface area contributed by atoms with Gasteiger partial charge in [0.1, 0.15) is 0 Å². The van der Waals surface area contributed by atoms with E-state index in [-0.39, 0.29) is 0 Å². The summed E-state index contributed by atoms with van der Waals surface area (Å²) in [5.74, 6) is 1.77. The first-order valence-electron chi connectivity index (χ1n) is 10.9. The van der Waals surface area contributed by atoms with Crippen LogP contribution in [0.2, 0.25) is 0 Å². The van der Waals surface area contributed by atoms with E-state index in [1.54, 1.807) is 0 Å². The Labute approximate surface area is 157 Å². The maximum atomic E-state index is 3.94. The summed E-state index contributed by atoms with van der Waals surface area (Å²) in [5.41, 5.74) is 0. The highest BCUT2D eigenvalue weighted by atomic mass is 15.3. The highest BCUT2D eigenvalue weighted by Gasteiger charge is 2.31. The molecule has 0 bridgehead atoms. The first kappa shape index (κ1) is 20.7. The van der Waals surface area contributed by atoms with Crippen molar-refractivity contribution in [3.63, 3.8) is 0 Å². The van der Waals surface area contributed by atoms with Crippen LogP contribution in [0.4, 0.5) is 0 Å². The highest BCUT2D eigenvalue weighted by Crippen LogP contribution is 2.27. The Morgan fingerprint density at radius 1 is 0.760 bits per heavy atom. The molecule has 144 valence electrons. The summed E-state index contributed by atoms with van der Waals surface area (Å²) in [6.07, 6.45) is 16.6. The summed E-state index contributed by atoms with van der Waals surface area (Å²) in [7, 11) is 4.99. The molecule has 0 saturated carbocycles. The van der Waals surface area contributed by atoms with Crippen molar-refractivity contribution in [2.24, 2.45) is 11.8 Å². The van der Waals surface area contributed by atoms with Crippen LogP contribution in [0.3, 0.4) is 0 Å². The second-order valence-electron chi connectivity index (χ2n) is 9.62. The minimum Gasteiger partial charge on any atom is -0.326 e. The molecule has 2 fully saturated rings. The maximum absolute atomic E-state index is 3.94. The zero-order valence-corrected chi connectivity index (χ0v) is 17.2. The maximum Gasteiger partial charge on any atom is 0.0816 e. The lowest BCUT2D eigenvalue weighted by Crippen LogP contribution is -2.52. The summed E-state index contributed by atoms with van der Waals surface area (Å²) in [5, 5.41) is 0. The highest BCUT2D eigenvalue weighted by molar-refractivity contribution is 4.76. The van der Waals surface area contributed by atoms with E-state index in [1.165, 1.54) is 106 Å². The van der Waals surface area contributed by atoms with Crippen molar-refractivity contribution < 1.29 is 8.97 Å². The van der Waals surface area contributed by atoms with Gasteiger partial charge in [-0.05, 0) is 57.8 Å². The predicted octanol–water partition coefficient (Wildman–Crippen LogP) is 5.02. The Morgan fingerprint density at radius 2 is 1.20 bits per heavy atom. The Balaban J connectivity index is 1.65. The number of rotatable bonds is 10. The van der Waals surface area contributed by atoms with Crippen LogP contribution in [0, 0.1) is 11.8 Å². The fraction of sp³-hybridized carbons (Fsp3) is 0.826. The SMILES string of the molecule is C=CCC1CCC[N+](C)(CCCCC[N+]2(C)CCCC(CC=C)C2)C1. The van der Waals surface area contributed by atoms with Gasteiger partial charge in [-0.1, -0.05) is 12.2 Å². The molecule has 0 N–H and O–H groups in total. The minimum atomic E-state index is 0.885. The Bertz CT molecular complexity index is 380. The molecule has 4 unspecified atom stereocenters. The van der Waals surface area contributed by atoms with E-state index in [1.807, 2.05) is 0 Å². The molecule has 4 atom stereocenters. The van der Waals surface area contributed by atoms with Gasteiger partial charge in [0.25, 0.3) is 0 Å². The van der Waals surface area contributed by atoms with E-state index >= 15 is 0 Å². The summed E-state index contributed by atoms with van der Waals surface area (Å²) < 4.78 is 2.62. The monoisotopic (exact) mass is 348 g/mol. The molecule has 2 aliphatic rings. The van der Waals surface area contributed by atoms with E-state index in [2.05, 4.69) is 39.4 Å². The molecule has 0 aromatic carbocycles. The summed E-state index contributed by atoms with van der Waals surface area (Å²) in [4.78, 5) is 0. The number of hydrogen-bond acceptors (Lipinski definition) is 0. The van der Waals surface area contributed by atoms with Crippen molar-refractivity contribution in [3.05, 3.63) is 25.3 Å². The Hall–Kier alpha value is -0.600. The molecular weight excluding hydrogens is 304 g/mol. The standard InChI is InChI=1S/C23H44N2/c1-5-12-22-14-10-18-24(3,20-22)16-8-7-9-17-25(4)19-11-15-23(21-25)13-6-2/h5-6,22-23H,1-2,7-21H2,3-4H3/q+2. The molecule has 0 aromatic heterocycles. The van der Waals surface area contributed by atoms with Gasteiger partial charge in [0.2, 0.25) is 0 Å². The van der Waals surface area contributed by atoms with Gasteiger partial charge in [0.15, 0.2) is 0 Å². The van der Waals surface area contributed by atoms with Gasteiger partial charge in [-0.3, -0.25) is 0 Å². The fourth-order valence-electron chi connectivity index (χ4n) is 5.56. The zero-order valence-electron chi connectivity index (χ0n) is 17.2. The zero-order chi connectivity index (χ0) is 18.2. The predicted molar refractivity (Wildman–Crippen MR) is 110 cm³/mol. The number of likely N-dealkylation sites (tertiary alicyclic amines) is 2. The number of unbranched alkanes of at least 4 members (excludes halogenated alkanes) is 2. The number of nitrogens with zero attached hydrogens (tertiary/aromatic N) is 2. The van der Waals surface area contributed by atoms with Crippen molar-refractivity contribution in [2.45, 2.75) is 57.8 Å². The van der Waals surface area contributed by atoms with E-state index in [4.69, 9.17) is 0 Å². The first-order valence-corrected chi connectivity index (χ1v) is 10.9. The van der Waals surface area contributed by atoms with Crippen LogP contribution in [-0.4, -0.2) is 62.3 Å². The third-order valence-electron chi connectivity index (χ3n) is 6.91. The molecule has 0 spiro atoms. The van der Waals surface area contributed by atoms with Crippen molar-refractivity contribution in [1.29, 1.82) is 0 Å². The quantitative estimate of drug-likeness (QED) is 0.295. The van der Waals surface area contributed by atoms with Crippen LogP contribution in [0.25, 0.3) is 0 Å². The van der Waals surface area contributed by atoms with E-state index < -0.39 is 0 Å². The lowest BCUT2D eigenvalue weighted by Gasteiger charge is -2.42. The lowest BCUT2D eigenvalue weighted by molar-refractivity contribution is -0.919. The average molecular weight is 349 g/mol. The third-order valence-corrected chi connectivity index (χ3v) is 6.91. The molecule has 2 heterocycles. The van der Waals surface area contributed by atoms with Crippen LogP contribution in [0.5, 0.6) is 0 Å². The van der Waals surface area contributed by atoms with E-state index in [9.17, 15) is 0 Å². The summed E-state index contributed by atoms with van der Waals surface area (Å²) in [6, 6.07) is 0. The molecule has 2 heteroatoms. The van der Waals surface area contributed by atoms with Gasteiger partial charge in [-0.15, -0.1) is 13.2 Å². The molecule has 0 aromatic rings. The normalized spacial score (nSPS) is 36.1. The second-order valence-corrected chi connectivity index (χ2v) is 9.62. The number of piperidine rings is 2. The van der Waals surface area contributed by atoms with Gasteiger partial charge >= 0.3 is 0 Å². The van der Waals surface area contributed by atoms with Crippen molar-refractivity contribution >= 4 is 0 Å². The molecule has 2 saturated heterocycles. The molecule has 0 radical (unpaired) electrons. The van der Waals surface area contributed by atoms with Gasteiger partial charge in [0, 0.05) is 11.8 Å². The van der Waals surface area contributed by atoms with Gasteiger partial charge < -0.3 is 8.97 Å². The van der Waals surface area contributed by atoms with Gasteiger partial charge in [0.05, 0.1) is 53.4 Å². The Kier molecular flexibility index (Phi) is 8.22. The molecule has 2 nitrogen and oxygen atoms in total. The van der Waals surface area contributed by atoms with Crippen molar-refractivity contribution in [2.75, 3.05) is 53.4 Å². The molecule has 0 amide bonds. The summed E-state index contributed by atoms with van der Waals surface area (Å²) in [6.45, 7) is 16.2. The van der Waals surface area contributed by atoms with Crippen LogP contribution in [-0.2, 0) is 0 Å². The van der Waals surface area contributed by atoms with E-state index in [0.29, 0.717) is 0 Å². The smallest absolute Gasteiger partial charge is 0.0816 e. The van der Waals surface area contributed by atoms with Crippen LogP contribution in [0.1, 0.15) is 57.8 Å². The number of quaternary nitrogens is 2. The van der Waals surface area contributed by atoms with Crippen molar-refractivity contribution in [1.82, 2.24) is 0 Å². The molecule has 2 rings (SSSR count). The summed E-state index contributed by atoms with van der Waals surface area (Å²) >= 11 is 0. The molecule has 25 heavy (non-hydrogen) atoms. The largest absolute Gasteiger partial charge is 0.326 e. The fourth-order valence-corrected chi connectivity index (χ4v) is 5.56. The number of hydrogen-bond donors (Lipinski definition) is 0. The molecule has 0 aliphatic carbocycles. The van der Waals surface area contributed by atoms with Crippen LogP contribution < -0.4 is 0 Å².